The van der Waals surface area contributed by atoms with Gasteiger partial charge in [-0.1, -0.05) is 60.7 Å². The molecule has 396 valence electrons. The third-order valence-electron chi connectivity index (χ3n) is 14.1. The van der Waals surface area contributed by atoms with E-state index in [9.17, 15) is 56.8 Å². The van der Waals surface area contributed by atoms with E-state index in [4.69, 9.17) is 0 Å². The lowest BCUT2D eigenvalue weighted by atomic mass is 9.91. The first kappa shape index (κ1) is 52.9. The van der Waals surface area contributed by atoms with Crippen LogP contribution >= 0.6 is 0 Å². The summed E-state index contributed by atoms with van der Waals surface area (Å²) >= 11 is 0. The van der Waals surface area contributed by atoms with Gasteiger partial charge in [0.15, 0.2) is 0 Å². The number of benzene rings is 4. The van der Waals surface area contributed by atoms with Crippen LogP contribution in [0.2, 0.25) is 0 Å². The summed E-state index contributed by atoms with van der Waals surface area (Å²) in [6.45, 7) is 2.39. The lowest BCUT2D eigenvalue weighted by Crippen LogP contribution is -2.55. The number of non-ortho nitro benzene ring substituents is 2. The predicted molar refractivity (Wildman–Crippen MR) is 274 cm³/mol. The number of β-amino-alcohol motifs (C(OH)–C–C–N with tert-alkyl or cyclic N) is 2. The molecule has 2 fully saturated rings. The summed E-state index contributed by atoms with van der Waals surface area (Å²) in [6, 6.07) is 33.0. The van der Waals surface area contributed by atoms with E-state index in [1.165, 1.54) is 57.9 Å². The minimum absolute atomic E-state index is 0.127. The van der Waals surface area contributed by atoms with Crippen molar-refractivity contribution in [3.8, 4) is 0 Å². The SMILES string of the molecule is O=[N+]([O-])c1ccc2c(C(O)(CN3CCN(c4ccncc4)CC3)C(F)(F)F)cn(Cc3ccccc3)c2c1.O=[N+]([O-])c1ccc2c(C(O)(CN3CCN(c4ccncc4)CC3)C(F)(F)F)cn(Cc3ccccc3)c2c1. The molecular formula is C54H52F6N10O6. The van der Waals surface area contributed by atoms with E-state index in [0.717, 1.165) is 22.5 Å². The number of nitrogens with zero attached hydrogens (tertiary/aromatic N) is 10. The Morgan fingerprint density at radius 1 is 0.487 bits per heavy atom. The molecular weight excluding hydrogens is 999 g/mol. The molecule has 8 aromatic rings. The maximum atomic E-state index is 14.6. The van der Waals surface area contributed by atoms with E-state index in [0.29, 0.717) is 52.4 Å². The van der Waals surface area contributed by atoms with Gasteiger partial charge in [0.05, 0.1) is 20.9 Å². The highest BCUT2D eigenvalue weighted by Crippen LogP contribution is 2.46. The van der Waals surface area contributed by atoms with Crippen molar-refractivity contribution in [2.45, 2.75) is 36.6 Å². The standard InChI is InChI=1S/2C27H26F3N5O3/c2*28-27(29,30)26(36,19-32-12-14-33(15-13-32)21-8-10-31-11-9-21)24-18-34(17-20-4-2-1-3-5-20)25-16-22(35(37)38)6-7-23(24)25/h2*1-11,16,18,36H,12-15,17,19H2. The molecule has 2 unspecified atom stereocenters. The summed E-state index contributed by atoms with van der Waals surface area (Å²) in [7, 11) is 0. The number of halogens is 6. The number of aliphatic hydroxyl groups is 2. The van der Waals surface area contributed by atoms with Crippen molar-refractivity contribution in [3.63, 3.8) is 0 Å². The van der Waals surface area contributed by atoms with E-state index >= 15 is 0 Å². The van der Waals surface area contributed by atoms with Crippen LogP contribution < -0.4 is 9.80 Å². The number of hydrogen-bond donors (Lipinski definition) is 2. The minimum Gasteiger partial charge on any atom is -0.375 e. The van der Waals surface area contributed by atoms with Gasteiger partial charge >= 0.3 is 12.4 Å². The van der Waals surface area contributed by atoms with Gasteiger partial charge in [0.2, 0.25) is 11.2 Å². The molecule has 22 heteroatoms. The van der Waals surface area contributed by atoms with Crippen molar-refractivity contribution in [3.05, 3.63) is 201 Å². The lowest BCUT2D eigenvalue weighted by molar-refractivity contribution is -0.384. The molecule has 0 bridgehead atoms. The Morgan fingerprint density at radius 2 is 0.829 bits per heavy atom. The Balaban J connectivity index is 0.000000186. The third-order valence-corrected chi connectivity index (χ3v) is 14.1. The van der Waals surface area contributed by atoms with Crippen LogP contribution in [0.15, 0.2) is 159 Å². The predicted octanol–water partition coefficient (Wildman–Crippen LogP) is 9.13. The van der Waals surface area contributed by atoms with E-state index in [1.54, 1.807) is 34.6 Å². The second kappa shape index (κ2) is 21.7. The van der Waals surface area contributed by atoms with Crippen LogP contribution in [0.25, 0.3) is 21.8 Å². The molecule has 10 rings (SSSR count). The molecule has 2 aliphatic heterocycles. The van der Waals surface area contributed by atoms with Crippen molar-refractivity contribution in [1.82, 2.24) is 28.9 Å². The maximum Gasteiger partial charge on any atom is 0.422 e. The van der Waals surface area contributed by atoms with Crippen LogP contribution in [0.3, 0.4) is 0 Å². The summed E-state index contributed by atoms with van der Waals surface area (Å²) in [6.07, 6.45) is -0.741. The number of anilines is 2. The molecule has 2 aliphatic rings. The van der Waals surface area contributed by atoms with E-state index < -0.39 is 46.5 Å². The monoisotopic (exact) mass is 1050 g/mol. The summed E-state index contributed by atoms with van der Waals surface area (Å²) in [5.74, 6) is 0. The van der Waals surface area contributed by atoms with Crippen LogP contribution in [0.1, 0.15) is 22.3 Å². The number of nitro groups is 2. The molecule has 0 spiro atoms. The van der Waals surface area contributed by atoms with Gasteiger partial charge in [0.1, 0.15) is 0 Å². The number of pyridine rings is 2. The molecule has 4 aromatic carbocycles. The fourth-order valence-corrected chi connectivity index (χ4v) is 10.0. The Morgan fingerprint density at radius 3 is 1.14 bits per heavy atom. The fraction of sp³-hybridized carbons (Fsp3) is 0.296. The molecule has 6 heterocycles. The summed E-state index contributed by atoms with van der Waals surface area (Å²) in [5, 5.41) is 45.8. The van der Waals surface area contributed by atoms with Crippen molar-refractivity contribution in [2.75, 3.05) is 75.2 Å². The highest BCUT2D eigenvalue weighted by Gasteiger charge is 2.58. The molecule has 16 nitrogen and oxygen atoms in total. The number of nitro benzene ring substituents is 2. The van der Waals surface area contributed by atoms with E-state index in [1.807, 2.05) is 84.9 Å². The number of hydrogen-bond acceptors (Lipinski definition) is 12. The highest BCUT2D eigenvalue weighted by atomic mass is 19.4. The van der Waals surface area contributed by atoms with Crippen molar-refractivity contribution < 1.29 is 46.4 Å². The highest BCUT2D eigenvalue weighted by molar-refractivity contribution is 5.88. The zero-order chi connectivity index (χ0) is 53.8. The number of alkyl halides is 6. The Bertz CT molecular complexity index is 3060. The summed E-state index contributed by atoms with van der Waals surface area (Å²) in [5.41, 5.74) is -3.46. The van der Waals surface area contributed by atoms with Gasteiger partial charge in [-0.2, -0.15) is 26.3 Å². The number of fused-ring (bicyclic) bond motifs is 2. The maximum absolute atomic E-state index is 14.6. The van der Waals surface area contributed by atoms with Crippen LogP contribution in [-0.2, 0) is 24.3 Å². The van der Waals surface area contributed by atoms with Gasteiger partial charge < -0.3 is 29.1 Å². The Kier molecular flexibility index (Phi) is 15.1. The minimum atomic E-state index is -4.98. The third kappa shape index (κ3) is 11.2. The Hall–Kier alpha value is -7.92. The molecule has 0 saturated carbocycles. The largest absolute Gasteiger partial charge is 0.422 e. The average Bonchev–Trinajstić information content (AvgIpc) is 4.00. The topological polar surface area (TPSA) is 175 Å². The summed E-state index contributed by atoms with van der Waals surface area (Å²) < 4.78 is 90.9. The van der Waals surface area contributed by atoms with Gasteiger partial charge in [0.25, 0.3) is 11.4 Å². The van der Waals surface area contributed by atoms with Gasteiger partial charge in [0, 0.05) is 173 Å². The van der Waals surface area contributed by atoms with E-state index in [2.05, 4.69) is 19.8 Å². The number of piperazine rings is 2. The van der Waals surface area contributed by atoms with Crippen LogP contribution in [0, 0.1) is 20.2 Å². The molecule has 0 amide bonds. The molecule has 2 saturated heterocycles. The first-order valence-electron chi connectivity index (χ1n) is 24.3. The van der Waals surface area contributed by atoms with Crippen molar-refractivity contribution in [2.24, 2.45) is 0 Å². The normalized spacial score (nSPS) is 16.5. The Labute approximate surface area is 431 Å². The second-order valence-electron chi connectivity index (χ2n) is 18.9. The molecule has 0 radical (unpaired) electrons. The first-order valence-corrected chi connectivity index (χ1v) is 24.3. The molecule has 0 aliphatic carbocycles. The fourth-order valence-electron chi connectivity index (χ4n) is 10.0. The first-order chi connectivity index (χ1) is 36.3. The van der Waals surface area contributed by atoms with Gasteiger partial charge in [-0.3, -0.25) is 40.0 Å². The smallest absolute Gasteiger partial charge is 0.375 e. The van der Waals surface area contributed by atoms with Gasteiger partial charge in [-0.25, -0.2) is 0 Å². The number of aromatic nitrogens is 4. The molecule has 2 atom stereocenters. The lowest BCUT2D eigenvalue weighted by Gasteiger charge is -2.40. The van der Waals surface area contributed by atoms with Gasteiger partial charge in [-0.05, 0) is 47.5 Å². The zero-order valence-electron chi connectivity index (χ0n) is 40.8. The van der Waals surface area contributed by atoms with Crippen LogP contribution in [0.4, 0.5) is 49.1 Å². The van der Waals surface area contributed by atoms with Crippen molar-refractivity contribution in [1.29, 1.82) is 0 Å². The van der Waals surface area contributed by atoms with Crippen LogP contribution in [0.5, 0.6) is 0 Å². The zero-order valence-corrected chi connectivity index (χ0v) is 40.8. The average molecular weight is 1050 g/mol. The number of rotatable bonds is 14. The molecule has 2 N–H and O–H groups in total. The second-order valence-corrected chi connectivity index (χ2v) is 18.9. The van der Waals surface area contributed by atoms with Crippen LogP contribution in [-0.4, -0.2) is 127 Å². The van der Waals surface area contributed by atoms with Gasteiger partial charge in [-0.15, -0.1) is 0 Å². The molecule has 76 heavy (non-hydrogen) atoms. The quantitative estimate of drug-likeness (QED) is 0.0601. The summed E-state index contributed by atoms with van der Waals surface area (Å²) in [4.78, 5) is 37.0. The van der Waals surface area contributed by atoms with Crippen molar-refractivity contribution >= 4 is 44.6 Å². The molecule has 4 aromatic heterocycles. The van der Waals surface area contributed by atoms with E-state index in [-0.39, 0.29) is 57.4 Å².